The number of nitriles is 2. The number of rotatable bonds is 14. The van der Waals surface area contributed by atoms with Gasteiger partial charge in [-0.2, -0.15) is 10.5 Å². The first kappa shape index (κ1) is 72.8. The van der Waals surface area contributed by atoms with Crippen molar-refractivity contribution in [1.82, 2.24) is 39.0 Å². The van der Waals surface area contributed by atoms with Crippen molar-refractivity contribution in [2.45, 2.75) is 0 Å². The Kier molecular flexibility index (Phi) is 18.8. The summed E-state index contributed by atoms with van der Waals surface area (Å²) in [5.41, 5.74) is 26.3. The maximum absolute atomic E-state index is 10.3. The van der Waals surface area contributed by atoms with Crippen LogP contribution in [0, 0.1) is 22.7 Å². The van der Waals surface area contributed by atoms with E-state index in [4.69, 9.17) is 29.9 Å². The van der Waals surface area contributed by atoms with E-state index >= 15 is 0 Å². The Morgan fingerprint density at radius 3 is 0.787 bits per heavy atom. The van der Waals surface area contributed by atoms with E-state index in [2.05, 4.69) is 288 Å². The average molecular weight is 1560 g/mol. The summed E-state index contributed by atoms with van der Waals surface area (Å²) in [5.74, 6) is 3.77. The fourth-order valence-electron chi connectivity index (χ4n) is 17.1. The molecule has 0 saturated carbocycles. The minimum Gasteiger partial charge on any atom is -0.309 e. The summed E-state index contributed by atoms with van der Waals surface area (Å²) in [5, 5.41) is 29.9. The minimum atomic E-state index is 0.615. The third-order valence-electron chi connectivity index (χ3n) is 22.9. The van der Waals surface area contributed by atoms with E-state index < -0.39 is 0 Å². The standard InChI is InChI=1S/2C56H35N5/c57-36-37-32-43(42-28-31-53-51(35-42)50-22-12-13-23-52(50)61(53)45-18-8-3-9-19-45)34-44(33-37)47-30-29-46(48-20-10-11-21-49(47)48)38-24-26-41(27-25-38)56-59-54(39-14-4-1-5-15-39)58-55(60-56)40-16-6-2-7-17-40;57-36-37-32-43(42-28-29-51-50-22-12-13-23-52(50)61(53(51)35-42)45-18-8-3-9-19-45)34-44(33-37)47-31-30-46(48-20-10-11-21-49(47)48)38-24-26-41(27-25-38)56-59-54(39-14-4-1-5-15-39)58-55(60-56)40-16-6-2-7-17-40/h2*1-35H. The van der Waals surface area contributed by atoms with Crippen LogP contribution in [0.5, 0.6) is 0 Å². The molecule has 0 N–H and O–H groups in total. The van der Waals surface area contributed by atoms with Crippen LogP contribution in [0.15, 0.2) is 425 Å². The summed E-state index contributed by atoms with van der Waals surface area (Å²) in [6.45, 7) is 0. The van der Waals surface area contributed by atoms with Gasteiger partial charge in [-0.15, -0.1) is 0 Å². The van der Waals surface area contributed by atoms with E-state index in [0.717, 1.165) is 155 Å². The van der Waals surface area contributed by atoms with Crippen LogP contribution < -0.4 is 0 Å². The second kappa shape index (κ2) is 31.6. The van der Waals surface area contributed by atoms with Gasteiger partial charge in [0, 0.05) is 66.3 Å². The Labute approximate surface area is 704 Å². The first-order chi connectivity index (χ1) is 60.4. The van der Waals surface area contributed by atoms with Gasteiger partial charge in [-0.05, 0) is 179 Å². The zero-order valence-electron chi connectivity index (χ0n) is 65.9. The van der Waals surface area contributed by atoms with Crippen molar-refractivity contribution in [2.75, 3.05) is 0 Å². The third kappa shape index (κ3) is 13.8. The predicted molar refractivity (Wildman–Crippen MR) is 498 cm³/mol. The molecule has 0 amide bonds. The lowest BCUT2D eigenvalue weighted by Crippen LogP contribution is -2.00. The van der Waals surface area contributed by atoms with Gasteiger partial charge >= 0.3 is 0 Å². The lowest BCUT2D eigenvalue weighted by Gasteiger charge is -2.14. The van der Waals surface area contributed by atoms with Crippen LogP contribution in [0.2, 0.25) is 0 Å². The van der Waals surface area contributed by atoms with E-state index in [1.54, 1.807) is 0 Å². The smallest absolute Gasteiger partial charge is 0.164 e. The van der Waals surface area contributed by atoms with Crippen LogP contribution >= 0.6 is 0 Å². The second-order valence-electron chi connectivity index (χ2n) is 30.3. The molecule has 0 saturated heterocycles. The van der Waals surface area contributed by atoms with E-state index in [-0.39, 0.29) is 0 Å². The summed E-state index contributed by atoms with van der Waals surface area (Å²) < 4.78 is 4.65. The summed E-state index contributed by atoms with van der Waals surface area (Å²) in [4.78, 5) is 29.5. The maximum Gasteiger partial charge on any atom is 0.164 e. The van der Waals surface area contributed by atoms with Crippen LogP contribution in [0.4, 0.5) is 0 Å². The lowest BCUT2D eigenvalue weighted by molar-refractivity contribution is 1.07. The molecule has 4 aromatic heterocycles. The van der Waals surface area contributed by atoms with Crippen molar-refractivity contribution < 1.29 is 0 Å². The predicted octanol–water partition coefficient (Wildman–Crippen LogP) is 28.0. The molecule has 10 heteroatoms. The molecule has 4 heterocycles. The monoisotopic (exact) mass is 1550 g/mol. The Morgan fingerprint density at radius 1 is 0.164 bits per heavy atom. The van der Waals surface area contributed by atoms with Crippen LogP contribution in [0.1, 0.15) is 11.1 Å². The number of fused-ring (bicyclic) bond motifs is 8. The fraction of sp³-hybridized carbons (Fsp3) is 0. The van der Waals surface area contributed by atoms with Gasteiger partial charge < -0.3 is 9.13 Å². The van der Waals surface area contributed by atoms with Gasteiger partial charge in [-0.1, -0.05) is 334 Å². The molecule has 10 nitrogen and oxygen atoms in total. The molecule has 0 spiro atoms. The average Bonchev–Trinajstić information content (AvgIpc) is 1.56. The molecule has 568 valence electrons. The molecule has 0 aliphatic heterocycles. The first-order valence-electron chi connectivity index (χ1n) is 40.6. The Hall–Kier alpha value is -16.9. The minimum absolute atomic E-state index is 0.615. The third-order valence-corrected chi connectivity index (χ3v) is 22.9. The van der Waals surface area contributed by atoms with Crippen molar-refractivity contribution in [1.29, 1.82) is 10.5 Å². The van der Waals surface area contributed by atoms with Crippen molar-refractivity contribution in [3.63, 3.8) is 0 Å². The summed E-state index contributed by atoms with van der Waals surface area (Å²) in [6, 6.07) is 152. The highest BCUT2D eigenvalue weighted by atomic mass is 15.0. The Bertz CT molecular complexity index is 7730. The van der Waals surface area contributed by atoms with Crippen molar-refractivity contribution in [3.8, 4) is 159 Å². The van der Waals surface area contributed by atoms with Crippen molar-refractivity contribution >= 4 is 65.2 Å². The zero-order chi connectivity index (χ0) is 81.4. The highest BCUT2D eigenvalue weighted by Crippen LogP contribution is 2.44. The van der Waals surface area contributed by atoms with Crippen molar-refractivity contribution in [3.05, 3.63) is 436 Å². The van der Waals surface area contributed by atoms with Gasteiger partial charge in [0.05, 0.1) is 45.3 Å². The van der Waals surface area contributed by atoms with Gasteiger partial charge in [-0.25, -0.2) is 29.9 Å². The quantitative estimate of drug-likeness (QED) is 0.105. The largest absolute Gasteiger partial charge is 0.309 e. The van der Waals surface area contributed by atoms with E-state index in [0.29, 0.717) is 46.1 Å². The van der Waals surface area contributed by atoms with E-state index in [1.807, 2.05) is 158 Å². The van der Waals surface area contributed by atoms with Crippen LogP contribution in [-0.2, 0) is 0 Å². The molecule has 0 radical (unpaired) electrons. The number of benzene rings is 18. The SMILES string of the molecule is N#Cc1cc(-c2ccc3c(c2)c2ccccc2n3-c2ccccc2)cc(-c2ccc(-c3ccc(-c4nc(-c5ccccc5)nc(-c5ccccc5)n4)cc3)c3ccccc23)c1.N#Cc1cc(-c2ccc3c4ccccc4n(-c4ccccc4)c3c2)cc(-c2ccc(-c3ccc(-c4nc(-c5ccccc5)nc(-c5ccccc5)n4)cc3)c3ccccc23)c1. The summed E-state index contributed by atoms with van der Waals surface area (Å²) in [6.07, 6.45) is 0. The number of para-hydroxylation sites is 4. The lowest BCUT2D eigenvalue weighted by atomic mass is 9.90. The fourth-order valence-corrected chi connectivity index (χ4v) is 17.1. The molecule has 0 aliphatic rings. The summed E-state index contributed by atoms with van der Waals surface area (Å²) in [7, 11) is 0. The molecular formula is C112H70N10. The Balaban J connectivity index is 0.000000150. The molecule has 18 aromatic carbocycles. The molecule has 0 fully saturated rings. The molecule has 0 aliphatic carbocycles. The van der Waals surface area contributed by atoms with Gasteiger partial charge in [0.1, 0.15) is 0 Å². The Morgan fingerprint density at radius 2 is 0.418 bits per heavy atom. The van der Waals surface area contributed by atoms with E-state index in [1.165, 1.54) is 21.5 Å². The first-order valence-corrected chi connectivity index (χ1v) is 40.6. The maximum atomic E-state index is 10.3. The van der Waals surface area contributed by atoms with Gasteiger partial charge in [0.15, 0.2) is 34.9 Å². The van der Waals surface area contributed by atoms with Gasteiger partial charge in [0.25, 0.3) is 0 Å². The molecule has 0 unspecified atom stereocenters. The molecule has 22 aromatic rings. The highest BCUT2D eigenvalue weighted by molar-refractivity contribution is 6.13. The number of hydrogen-bond acceptors (Lipinski definition) is 8. The second-order valence-corrected chi connectivity index (χ2v) is 30.3. The molecule has 22 rings (SSSR count). The van der Waals surface area contributed by atoms with Crippen molar-refractivity contribution in [2.24, 2.45) is 0 Å². The van der Waals surface area contributed by atoms with Crippen LogP contribution in [0.3, 0.4) is 0 Å². The molecular weight excluding hydrogens is 1490 g/mol. The van der Waals surface area contributed by atoms with E-state index in [9.17, 15) is 10.5 Å². The zero-order valence-corrected chi connectivity index (χ0v) is 65.9. The number of aromatic nitrogens is 8. The number of nitrogens with zero attached hydrogens (tertiary/aromatic N) is 10. The molecule has 0 bridgehead atoms. The number of hydrogen-bond donors (Lipinski definition) is 0. The molecule has 122 heavy (non-hydrogen) atoms. The van der Waals surface area contributed by atoms with Gasteiger partial charge in [-0.3, -0.25) is 0 Å². The van der Waals surface area contributed by atoms with Crippen LogP contribution in [-0.4, -0.2) is 39.0 Å². The molecule has 0 atom stereocenters. The topological polar surface area (TPSA) is 135 Å². The highest BCUT2D eigenvalue weighted by Gasteiger charge is 2.22. The van der Waals surface area contributed by atoms with Crippen LogP contribution in [0.25, 0.3) is 212 Å². The normalized spacial score (nSPS) is 11.3. The summed E-state index contributed by atoms with van der Waals surface area (Å²) >= 11 is 0. The van der Waals surface area contributed by atoms with Gasteiger partial charge in [0.2, 0.25) is 0 Å².